The van der Waals surface area contributed by atoms with E-state index in [0.29, 0.717) is 43.0 Å². The molecule has 1 saturated heterocycles. The van der Waals surface area contributed by atoms with Crippen molar-refractivity contribution in [3.63, 3.8) is 0 Å². The number of amides is 1. The van der Waals surface area contributed by atoms with Crippen LogP contribution in [0.5, 0.6) is 0 Å². The van der Waals surface area contributed by atoms with Crippen LogP contribution in [0.25, 0.3) is 27.7 Å². The van der Waals surface area contributed by atoms with Crippen molar-refractivity contribution in [2.24, 2.45) is 0 Å². The minimum absolute atomic E-state index is 0.0593. The van der Waals surface area contributed by atoms with E-state index in [1.165, 1.54) is 16.3 Å². The molecule has 0 unspecified atom stereocenters. The molecule has 0 bridgehead atoms. The van der Waals surface area contributed by atoms with Crippen molar-refractivity contribution in [3.8, 4) is 11.1 Å². The van der Waals surface area contributed by atoms with E-state index in [-0.39, 0.29) is 29.8 Å². The summed E-state index contributed by atoms with van der Waals surface area (Å²) in [5, 5.41) is 15.2. The van der Waals surface area contributed by atoms with Gasteiger partial charge in [-0.25, -0.2) is 9.78 Å². The van der Waals surface area contributed by atoms with Gasteiger partial charge in [0.2, 0.25) is 0 Å². The Kier molecular flexibility index (Phi) is 5.58. The Morgan fingerprint density at radius 2 is 2.00 bits per heavy atom. The second kappa shape index (κ2) is 8.71. The van der Waals surface area contributed by atoms with E-state index < -0.39 is 6.09 Å². The summed E-state index contributed by atoms with van der Waals surface area (Å²) in [4.78, 5) is 35.2. The molecule has 1 fully saturated rings. The number of benzene rings is 1. The summed E-state index contributed by atoms with van der Waals surface area (Å²) in [6.07, 6.45) is 3.46. The topological polar surface area (TPSA) is 136 Å². The number of nitrogens with zero attached hydrogens (tertiary/aromatic N) is 5. The van der Waals surface area contributed by atoms with Crippen molar-refractivity contribution in [1.29, 1.82) is 0 Å². The number of fused-ring (bicyclic) bond motifs is 2. The van der Waals surface area contributed by atoms with Crippen LogP contribution >= 0.6 is 0 Å². The monoisotopic (exact) mass is 460 g/mol. The van der Waals surface area contributed by atoms with Gasteiger partial charge < -0.3 is 15.6 Å². The average Bonchev–Trinajstić information content (AvgIpc) is 3.26. The summed E-state index contributed by atoms with van der Waals surface area (Å²) in [6.45, 7) is 2.31. The van der Waals surface area contributed by atoms with Crippen LogP contribution in [0.1, 0.15) is 35.8 Å². The lowest BCUT2D eigenvalue weighted by Crippen LogP contribution is -2.42. The first-order valence-electron chi connectivity index (χ1n) is 11.0. The molecule has 34 heavy (non-hydrogen) atoms. The normalized spacial score (nSPS) is 14.5. The second-order valence-corrected chi connectivity index (χ2v) is 8.34. The lowest BCUT2D eigenvalue weighted by Gasteiger charge is -2.32. The maximum atomic E-state index is 12.5. The largest absolute Gasteiger partial charge is 0.465 e. The number of para-hydroxylation sites is 1. The molecule has 1 aliphatic heterocycles. The smallest absolute Gasteiger partial charge is 0.407 e. The molecule has 0 saturated carbocycles. The number of nitrogens with two attached hydrogens (primary N) is 1. The summed E-state index contributed by atoms with van der Waals surface area (Å²) >= 11 is 0. The Morgan fingerprint density at radius 3 is 2.74 bits per heavy atom. The van der Waals surface area contributed by atoms with Gasteiger partial charge in [-0.1, -0.05) is 18.2 Å². The molecule has 0 radical (unpaired) electrons. The number of carbonyl (C=O) groups excluding carboxylic acids is 1. The molecule has 0 spiro atoms. The first-order valence-corrected chi connectivity index (χ1v) is 11.0. The zero-order valence-corrected chi connectivity index (χ0v) is 18.6. The number of carboxylic acid groups (broad SMARTS) is 1. The van der Waals surface area contributed by atoms with E-state index in [4.69, 9.17) is 15.5 Å². The maximum absolute atomic E-state index is 12.5. The zero-order valence-electron chi connectivity index (χ0n) is 18.6. The number of Topliss-reactive ketones (excluding diaryl/α,β-unsaturated/α-hetero) is 1. The Morgan fingerprint density at radius 1 is 1.24 bits per heavy atom. The molecule has 10 nitrogen and oxygen atoms in total. The van der Waals surface area contributed by atoms with Crippen LogP contribution in [0.15, 0.2) is 42.7 Å². The molecule has 0 atom stereocenters. The third-order valence-electron chi connectivity index (χ3n) is 6.21. The molecule has 0 aliphatic carbocycles. The fourth-order valence-electron chi connectivity index (χ4n) is 4.49. The number of aromatic nitrogens is 4. The first kappa shape index (κ1) is 21.8. The number of rotatable bonds is 5. The number of ether oxygens (including phenoxy) is 1. The van der Waals surface area contributed by atoms with Gasteiger partial charge in [0, 0.05) is 42.0 Å². The van der Waals surface area contributed by atoms with Gasteiger partial charge in [-0.2, -0.15) is 9.61 Å². The fourth-order valence-corrected chi connectivity index (χ4v) is 4.49. The molecule has 174 valence electrons. The van der Waals surface area contributed by atoms with Crippen molar-refractivity contribution >= 4 is 34.2 Å². The van der Waals surface area contributed by atoms with Gasteiger partial charge in [0.15, 0.2) is 11.4 Å². The predicted octanol–water partition coefficient (Wildman–Crippen LogP) is 3.39. The molecule has 1 aliphatic rings. The molecular weight excluding hydrogens is 436 g/mol. The van der Waals surface area contributed by atoms with E-state index in [9.17, 15) is 14.7 Å². The van der Waals surface area contributed by atoms with Crippen LogP contribution in [0, 0.1) is 0 Å². The third-order valence-corrected chi connectivity index (χ3v) is 6.21. The number of hydrogen-bond donors (Lipinski definition) is 2. The number of anilines is 1. The van der Waals surface area contributed by atoms with Crippen molar-refractivity contribution in [2.75, 3.05) is 18.9 Å². The Balaban J connectivity index is 1.64. The number of carbonyl (C=O) groups is 2. The predicted molar refractivity (Wildman–Crippen MR) is 126 cm³/mol. The van der Waals surface area contributed by atoms with E-state index in [1.54, 1.807) is 12.4 Å². The number of ketones is 1. The van der Waals surface area contributed by atoms with E-state index in [2.05, 4.69) is 10.1 Å². The van der Waals surface area contributed by atoms with E-state index in [1.807, 2.05) is 30.3 Å². The lowest BCUT2D eigenvalue weighted by molar-refractivity contribution is 0.0327. The molecule has 4 aromatic rings. The fraction of sp³-hybridized carbons (Fsp3) is 0.292. The number of nitrogen functional groups attached to an aromatic ring is 1. The minimum atomic E-state index is -1.07. The van der Waals surface area contributed by atoms with Gasteiger partial charge in [-0.15, -0.1) is 0 Å². The third kappa shape index (κ3) is 3.81. The van der Waals surface area contributed by atoms with Gasteiger partial charge >= 0.3 is 6.09 Å². The molecule has 1 amide bonds. The van der Waals surface area contributed by atoms with Crippen LogP contribution in [-0.2, 0) is 11.3 Å². The minimum Gasteiger partial charge on any atom is -0.465 e. The highest BCUT2D eigenvalue weighted by Gasteiger charge is 2.29. The van der Waals surface area contributed by atoms with Crippen LogP contribution < -0.4 is 5.73 Å². The Labute approximate surface area is 195 Å². The molecule has 3 aromatic heterocycles. The highest BCUT2D eigenvalue weighted by Crippen LogP contribution is 2.30. The molecule has 3 N–H and O–H groups in total. The number of hydrogen-bond acceptors (Lipinski definition) is 7. The van der Waals surface area contributed by atoms with Crippen LogP contribution in [-0.4, -0.2) is 60.7 Å². The van der Waals surface area contributed by atoms with Crippen molar-refractivity contribution in [1.82, 2.24) is 24.5 Å². The zero-order chi connectivity index (χ0) is 23.8. The summed E-state index contributed by atoms with van der Waals surface area (Å²) in [6, 6.07) is 9.53. The highest BCUT2D eigenvalue weighted by molar-refractivity contribution is 6.00. The molecular formula is C24H24N6O4. The average molecular weight is 460 g/mol. The van der Waals surface area contributed by atoms with Gasteiger partial charge in [-0.05, 0) is 31.9 Å². The van der Waals surface area contributed by atoms with Gasteiger partial charge in [0.1, 0.15) is 5.82 Å². The summed E-state index contributed by atoms with van der Waals surface area (Å²) in [7, 11) is 0. The lowest BCUT2D eigenvalue weighted by atomic mass is 10.0. The van der Waals surface area contributed by atoms with Crippen molar-refractivity contribution in [3.05, 3.63) is 54.0 Å². The van der Waals surface area contributed by atoms with E-state index in [0.717, 1.165) is 16.5 Å². The van der Waals surface area contributed by atoms with Gasteiger partial charge in [0.05, 0.1) is 29.5 Å². The van der Waals surface area contributed by atoms with Gasteiger partial charge in [-0.3, -0.25) is 14.7 Å². The Hall–Kier alpha value is -4.05. The molecule has 5 rings (SSSR count). The summed E-state index contributed by atoms with van der Waals surface area (Å²) in [5.41, 5.74) is 9.64. The highest BCUT2D eigenvalue weighted by atomic mass is 16.5. The molecule has 1 aromatic carbocycles. The Bertz CT molecular complexity index is 1410. The van der Waals surface area contributed by atoms with Crippen molar-refractivity contribution < 1.29 is 19.4 Å². The van der Waals surface area contributed by atoms with Gasteiger partial charge in [0.25, 0.3) is 0 Å². The van der Waals surface area contributed by atoms with Crippen LogP contribution in [0.3, 0.4) is 0 Å². The van der Waals surface area contributed by atoms with Crippen molar-refractivity contribution in [2.45, 2.75) is 32.4 Å². The van der Waals surface area contributed by atoms with Crippen LogP contribution in [0.2, 0.25) is 0 Å². The number of pyridine rings is 1. The molecule has 10 heteroatoms. The first-order chi connectivity index (χ1) is 16.4. The quantitative estimate of drug-likeness (QED) is 0.433. The standard InChI is InChI=1S/C24H24N6O4/c1-14(31)21-20(13-29(24(32)33)17-6-8-34-9-7-17)28-23-18(12-27-30(23)22(21)25)16-10-15-4-2-3-5-19(15)26-11-16/h2-5,10-12,17H,6-9,13,25H2,1H3,(H,32,33). The van der Waals surface area contributed by atoms with E-state index >= 15 is 0 Å². The summed E-state index contributed by atoms with van der Waals surface area (Å²) < 4.78 is 6.80. The SMILES string of the molecule is CC(=O)c1c(CN(C(=O)O)C2CCOCC2)nc2c(-c3cnc4ccccc4c3)cnn2c1N. The molecule has 4 heterocycles. The second-order valence-electron chi connectivity index (χ2n) is 8.34. The maximum Gasteiger partial charge on any atom is 0.407 e. The van der Waals surface area contributed by atoms with Crippen LogP contribution in [0.4, 0.5) is 10.6 Å². The summed E-state index contributed by atoms with van der Waals surface area (Å²) in [5.74, 6) is -0.173.